The highest BCUT2D eigenvalue weighted by molar-refractivity contribution is 5.89. The summed E-state index contributed by atoms with van der Waals surface area (Å²) < 4.78 is 10.5. The lowest BCUT2D eigenvalue weighted by molar-refractivity contribution is -0.385. The average molecular weight is 277 g/mol. The standard InChI is InChI=1S/C13H11NO6/c1-8-11(14(17)18)5-9(13(15)16)6-12(8)20-7-10-3-2-4-19-10/h2-6H,7H2,1H3,(H,15,16). The molecule has 0 radical (unpaired) electrons. The molecule has 104 valence electrons. The van der Waals surface area contributed by atoms with Gasteiger partial charge in [0.15, 0.2) is 0 Å². The molecule has 0 aliphatic rings. The molecule has 0 aliphatic carbocycles. The van der Waals surface area contributed by atoms with Crippen LogP contribution in [0.1, 0.15) is 21.7 Å². The molecule has 7 heteroatoms. The summed E-state index contributed by atoms with van der Waals surface area (Å²) in [5.74, 6) is -0.572. The van der Waals surface area contributed by atoms with E-state index in [2.05, 4.69) is 0 Å². The van der Waals surface area contributed by atoms with Gasteiger partial charge in [0, 0.05) is 6.07 Å². The van der Waals surface area contributed by atoms with Gasteiger partial charge in [-0.25, -0.2) is 4.79 Å². The van der Waals surface area contributed by atoms with Crippen LogP contribution in [-0.4, -0.2) is 16.0 Å². The fourth-order valence-corrected chi connectivity index (χ4v) is 1.68. The Morgan fingerprint density at radius 1 is 1.50 bits per heavy atom. The van der Waals surface area contributed by atoms with Crippen LogP contribution >= 0.6 is 0 Å². The minimum absolute atomic E-state index is 0.0636. The maximum atomic E-state index is 11.0. The van der Waals surface area contributed by atoms with Crippen molar-refractivity contribution in [2.45, 2.75) is 13.5 Å². The van der Waals surface area contributed by atoms with Crippen molar-refractivity contribution >= 4 is 11.7 Å². The van der Waals surface area contributed by atoms with E-state index in [-0.39, 0.29) is 29.2 Å². The van der Waals surface area contributed by atoms with E-state index in [0.29, 0.717) is 5.76 Å². The zero-order chi connectivity index (χ0) is 14.7. The maximum Gasteiger partial charge on any atom is 0.336 e. The minimum atomic E-state index is -1.25. The number of carboxylic acid groups (broad SMARTS) is 1. The van der Waals surface area contributed by atoms with Crippen LogP contribution in [-0.2, 0) is 6.61 Å². The molecule has 0 aliphatic heterocycles. The van der Waals surface area contributed by atoms with Gasteiger partial charge in [0.05, 0.1) is 22.3 Å². The number of aromatic carboxylic acids is 1. The van der Waals surface area contributed by atoms with E-state index in [1.807, 2.05) is 0 Å². The molecule has 0 amide bonds. The third-order valence-corrected chi connectivity index (χ3v) is 2.73. The van der Waals surface area contributed by atoms with Crippen LogP contribution in [0.15, 0.2) is 34.9 Å². The third kappa shape index (κ3) is 2.77. The molecular weight excluding hydrogens is 266 g/mol. The Kier molecular flexibility index (Phi) is 3.69. The molecule has 0 unspecified atom stereocenters. The second-order valence-electron chi connectivity index (χ2n) is 4.05. The number of benzene rings is 1. The number of carbonyl (C=O) groups is 1. The largest absolute Gasteiger partial charge is 0.485 e. The van der Waals surface area contributed by atoms with Gasteiger partial charge in [-0.2, -0.15) is 0 Å². The number of nitro groups is 1. The van der Waals surface area contributed by atoms with E-state index in [0.717, 1.165) is 6.07 Å². The molecule has 0 saturated heterocycles. The number of ether oxygens (including phenoxy) is 1. The second-order valence-corrected chi connectivity index (χ2v) is 4.05. The van der Waals surface area contributed by atoms with Crippen LogP contribution in [0.4, 0.5) is 5.69 Å². The predicted octanol–water partition coefficient (Wildman–Crippen LogP) is 2.77. The monoisotopic (exact) mass is 277 g/mol. The zero-order valence-electron chi connectivity index (χ0n) is 10.5. The van der Waals surface area contributed by atoms with E-state index in [9.17, 15) is 14.9 Å². The third-order valence-electron chi connectivity index (χ3n) is 2.73. The SMILES string of the molecule is Cc1c(OCc2ccco2)cc(C(=O)O)cc1[N+](=O)[O-]. The normalized spacial score (nSPS) is 10.2. The number of rotatable bonds is 5. The lowest BCUT2D eigenvalue weighted by Crippen LogP contribution is -2.04. The molecule has 0 bridgehead atoms. The first-order valence-electron chi connectivity index (χ1n) is 5.66. The van der Waals surface area contributed by atoms with Crippen LogP contribution in [0, 0.1) is 17.0 Å². The van der Waals surface area contributed by atoms with Gasteiger partial charge in [-0.3, -0.25) is 10.1 Å². The van der Waals surface area contributed by atoms with Crippen molar-refractivity contribution in [1.82, 2.24) is 0 Å². The number of carboxylic acids is 1. The summed E-state index contributed by atoms with van der Waals surface area (Å²) >= 11 is 0. The molecular formula is C13H11NO6. The number of hydrogen-bond donors (Lipinski definition) is 1. The maximum absolute atomic E-state index is 11.0. The van der Waals surface area contributed by atoms with Crippen molar-refractivity contribution in [2.75, 3.05) is 0 Å². The van der Waals surface area contributed by atoms with Gasteiger partial charge < -0.3 is 14.3 Å². The van der Waals surface area contributed by atoms with Crippen LogP contribution in [0.3, 0.4) is 0 Å². The Hall–Kier alpha value is -2.83. The molecule has 0 saturated carbocycles. The van der Waals surface area contributed by atoms with Gasteiger partial charge in [-0.15, -0.1) is 0 Å². The van der Waals surface area contributed by atoms with E-state index in [4.69, 9.17) is 14.3 Å². The van der Waals surface area contributed by atoms with Crippen LogP contribution in [0.25, 0.3) is 0 Å². The highest BCUT2D eigenvalue weighted by atomic mass is 16.6. The predicted molar refractivity (Wildman–Crippen MR) is 67.8 cm³/mol. The molecule has 0 atom stereocenters. The van der Waals surface area contributed by atoms with Crippen LogP contribution in [0.5, 0.6) is 5.75 Å². The molecule has 0 fully saturated rings. The molecule has 1 heterocycles. The fourth-order valence-electron chi connectivity index (χ4n) is 1.68. The topological polar surface area (TPSA) is 103 Å². The van der Waals surface area contributed by atoms with Gasteiger partial charge in [-0.1, -0.05) is 0 Å². The molecule has 1 aromatic carbocycles. The molecule has 0 spiro atoms. The minimum Gasteiger partial charge on any atom is -0.485 e. The first-order valence-corrected chi connectivity index (χ1v) is 5.66. The van der Waals surface area contributed by atoms with Gasteiger partial charge in [-0.05, 0) is 25.1 Å². The Morgan fingerprint density at radius 2 is 2.25 bits per heavy atom. The van der Waals surface area contributed by atoms with Crippen molar-refractivity contribution in [3.63, 3.8) is 0 Å². The second kappa shape index (κ2) is 5.43. The van der Waals surface area contributed by atoms with Crippen molar-refractivity contribution in [1.29, 1.82) is 0 Å². The Labute approximate surface area is 113 Å². The molecule has 1 N–H and O–H groups in total. The quantitative estimate of drug-likeness (QED) is 0.665. The average Bonchev–Trinajstić information content (AvgIpc) is 2.90. The van der Waals surface area contributed by atoms with Crippen molar-refractivity contribution in [2.24, 2.45) is 0 Å². The Balaban J connectivity index is 2.35. The number of nitro benzene ring substituents is 1. The zero-order valence-corrected chi connectivity index (χ0v) is 10.5. The lowest BCUT2D eigenvalue weighted by Gasteiger charge is -2.09. The molecule has 1 aromatic heterocycles. The van der Waals surface area contributed by atoms with Crippen LogP contribution in [0.2, 0.25) is 0 Å². The van der Waals surface area contributed by atoms with Gasteiger partial charge in [0.25, 0.3) is 5.69 Å². The van der Waals surface area contributed by atoms with E-state index in [1.54, 1.807) is 12.1 Å². The van der Waals surface area contributed by atoms with Crippen molar-refractivity contribution < 1.29 is 24.0 Å². The summed E-state index contributed by atoms with van der Waals surface area (Å²) in [5.41, 5.74) is -0.220. The highest BCUT2D eigenvalue weighted by Gasteiger charge is 2.20. The van der Waals surface area contributed by atoms with Gasteiger partial charge in [0.2, 0.25) is 0 Å². The summed E-state index contributed by atoms with van der Waals surface area (Å²) in [4.78, 5) is 21.3. The fraction of sp³-hybridized carbons (Fsp3) is 0.154. The summed E-state index contributed by atoms with van der Waals surface area (Å²) in [6.45, 7) is 1.56. The first-order chi connectivity index (χ1) is 9.49. The van der Waals surface area contributed by atoms with Crippen molar-refractivity contribution in [3.05, 3.63) is 57.5 Å². The van der Waals surface area contributed by atoms with E-state index < -0.39 is 10.9 Å². The lowest BCUT2D eigenvalue weighted by atomic mass is 10.1. The van der Waals surface area contributed by atoms with Crippen molar-refractivity contribution in [3.8, 4) is 5.75 Å². The van der Waals surface area contributed by atoms with E-state index >= 15 is 0 Å². The summed E-state index contributed by atoms with van der Waals surface area (Å²) in [7, 11) is 0. The number of nitrogens with zero attached hydrogens (tertiary/aromatic N) is 1. The molecule has 20 heavy (non-hydrogen) atoms. The Morgan fingerprint density at radius 3 is 2.80 bits per heavy atom. The molecule has 2 rings (SSSR count). The van der Waals surface area contributed by atoms with Gasteiger partial charge >= 0.3 is 5.97 Å². The molecule has 2 aromatic rings. The number of furan rings is 1. The van der Waals surface area contributed by atoms with E-state index in [1.165, 1.54) is 19.3 Å². The smallest absolute Gasteiger partial charge is 0.336 e. The Bertz CT molecular complexity index is 647. The first kappa shape index (κ1) is 13.6. The summed E-state index contributed by atoms with van der Waals surface area (Å²) in [6.07, 6.45) is 1.47. The van der Waals surface area contributed by atoms with Gasteiger partial charge in [0.1, 0.15) is 18.1 Å². The molecule has 7 nitrogen and oxygen atoms in total. The summed E-state index contributed by atoms with van der Waals surface area (Å²) in [5, 5.41) is 19.9. The highest BCUT2D eigenvalue weighted by Crippen LogP contribution is 2.30. The van der Waals surface area contributed by atoms with Crippen LogP contribution < -0.4 is 4.74 Å². The summed E-state index contributed by atoms with van der Waals surface area (Å²) in [6, 6.07) is 5.64. The number of hydrogen-bond acceptors (Lipinski definition) is 5.